The smallest absolute Gasteiger partial charge is 0.136 e. The molecule has 0 amide bonds. The van der Waals surface area contributed by atoms with Gasteiger partial charge in [-0.2, -0.15) is 5.26 Å². The highest BCUT2D eigenvalue weighted by Crippen LogP contribution is 2.28. The molecule has 0 saturated carbocycles. The van der Waals surface area contributed by atoms with E-state index >= 15 is 0 Å². The van der Waals surface area contributed by atoms with Gasteiger partial charge in [0.15, 0.2) is 0 Å². The fourth-order valence-electron chi connectivity index (χ4n) is 3.51. The molecule has 0 fully saturated rings. The van der Waals surface area contributed by atoms with E-state index in [0.717, 1.165) is 39.5 Å². The summed E-state index contributed by atoms with van der Waals surface area (Å²) in [7, 11) is 0. The summed E-state index contributed by atoms with van der Waals surface area (Å²) in [5, 5.41) is 15.7. The first kappa shape index (κ1) is 20.8. The van der Waals surface area contributed by atoms with Gasteiger partial charge in [0.05, 0.1) is 5.69 Å². The van der Waals surface area contributed by atoms with Crippen molar-refractivity contribution in [3.05, 3.63) is 75.2 Å². The first-order chi connectivity index (χ1) is 13.9. The first-order valence-corrected chi connectivity index (χ1v) is 10.7. The molecule has 4 heteroatoms. The quantitative estimate of drug-likeness (QED) is 0.456. The van der Waals surface area contributed by atoms with Crippen molar-refractivity contribution in [1.82, 2.24) is 4.98 Å². The second-order valence-electron chi connectivity index (χ2n) is 7.92. The van der Waals surface area contributed by atoms with Crippen molar-refractivity contribution < 1.29 is 0 Å². The zero-order chi connectivity index (χ0) is 21.0. The summed E-state index contributed by atoms with van der Waals surface area (Å²) in [5.74, 6) is 0.642. The summed E-state index contributed by atoms with van der Waals surface area (Å²) in [6.45, 7) is 10.7. The number of hydrogen-bond acceptors (Lipinski definition) is 4. The fourth-order valence-corrected chi connectivity index (χ4v) is 4.30. The van der Waals surface area contributed by atoms with Crippen LogP contribution in [-0.4, -0.2) is 4.98 Å². The molecule has 0 aliphatic rings. The Balaban J connectivity index is 1.81. The minimum atomic E-state index is 0.539. The molecule has 1 N–H and O–H groups in total. The van der Waals surface area contributed by atoms with E-state index < -0.39 is 0 Å². The second-order valence-corrected chi connectivity index (χ2v) is 8.78. The van der Waals surface area contributed by atoms with Gasteiger partial charge in [-0.05, 0) is 49.8 Å². The predicted octanol–water partition coefficient (Wildman–Crippen LogP) is 6.91. The number of benzene rings is 2. The van der Waals surface area contributed by atoms with E-state index in [9.17, 15) is 5.26 Å². The van der Waals surface area contributed by atoms with Crippen molar-refractivity contribution in [2.24, 2.45) is 5.92 Å². The average molecular weight is 402 g/mol. The van der Waals surface area contributed by atoms with Crippen molar-refractivity contribution in [2.45, 2.75) is 41.0 Å². The van der Waals surface area contributed by atoms with Crippen molar-refractivity contribution in [2.75, 3.05) is 5.32 Å². The van der Waals surface area contributed by atoms with E-state index in [1.165, 1.54) is 22.5 Å². The van der Waals surface area contributed by atoms with Gasteiger partial charge < -0.3 is 5.32 Å². The molecule has 0 atom stereocenters. The zero-order valence-corrected chi connectivity index (χ0v) is 18.5. The highest BCUT2D eigenvalue weighted by molar-refractivity contribution is 7.11. The van der Waals surface area contributed by atoms with E-state index in [0.29, 0.717) is 11.5 Å². The molecule has 3 aromatic rings. The maximum Gasteiger partial charge on any atom is 0.136 e. The summed E-state index contributed by atoms with van der Waals surface area (Å²) in [5.41, 5.74) is 8.47. The van der Waals surface area contributed by atoms with Gasteiger partial charge >= 0.3 is 0 Å². The summed E-state index contributed by atoms with van der Waals surface area (Å²) >= 11 is 1.50. The lowest BCUT2D eigenvalue weighted by molar-refractivity contribution is 0.647. The van der Waals surface area contributed by atoms with E-state index in [1.54, 1.807) is 6.20 Å². The van der Waals surface area contributed by atoms with Gasteiger partial charge in [-0.3, -0.25) is 0 Å². The lowest BCUT2D eigenvalue weighted by Gasteiger charge is -2.11. The molecular formula is C25H27N3S. The molecule has 3 rings (SSSR count). The van der Waals surface area contributed by atoms with Crippen molar-refractivity contribution in [3.8, 4) is 17.3 Å². The van der Waals surface area contributed by atoms with Crippen LogP contribution >= 0.6 is 11.3 Å². The molecule has 3 nitrogen and oxygen atoms in total. The Bertz CT molecular complexity index is 1040. The third-order valence-corrected chi connectivity index (χ3v) is 5.66. The number of aryl methyl sites for hydroxylation is 3. The Morgan fingerprint density at radius 1 is 1.14 bits per heavy atom. The maximum atomic E-state index is 9.65. The Labute approximate surface area is 177 Å². The van der Waals surface area contributed by atoms with Gasteiger partial charge in [0, 0.05) is 22.8 Å². The Morgan fingerprint density at radius 2 is 1.79 bits per heavy atom. The molecule has 1 heterocycles. The van der Waals surface area contributed by atoms with Crippen LogP contribution in [0, 0.1) is 38.0 Å². The van der Waals surface area contributed by atoms with E-state index in [-0.39, 0.29) is 0 Å². The predicted molar refractivity (Wildman–Crippen MR) is 124 cm³/mol. The molecule has 0 saturated heterocycles. The van der Waals surface area contributed by atoms with Gasteiger partial charge in [-0.15, -0.1) is 11.3 Å². The Kier molecular flexibility index (Phi) is 6.51. The number of anilines is 1. The molecule has 148 valence electrons. The van der Waals surface area contributed by atoms with Crippen LogP contribution in [0.2, 0.25) is 0 Å². The number of thiazole rings is 1. The topological polar surface area (TPSA) is 48.7 Å². The third-order valence-electron chi connectivity index (χ3n) is 4.79. The number of aromatic nitrogens is 1. The number of hydrogen-bond donors (Lipinski definition) is 1. The molecule has 0 radical (unpaired) electrons. The molecule has 1 aromatic heterocycles. The largest absolute Gasteiger partial charge is 0.360 e. The van der Waals surface area contributed by atoms with Gasteiger partial charge in [0.1, 0.15) is 16.6 Å². The van der Waals surface area contributed by atoms with Crippen LogP contribution in [-0.2, 0) is 6.42 Å². The lowest BCUT2D eigenvalue weighted by atomic mass is 10.0. The second kappa shape index (κ2) is 9.07. The van der Waals surface area contributed by atoms with Crippen molar-refractivity contribution in [3.63, 3.8) is 0 Å². The summed E-state index contributed by atoms with van der Waals surface area (Å²) in [6.07, 6.45) is 2.84. The van der Waals surface area contributed by atoms with Crippen LogP contribution in [0.25, 0.3) is 16.8 Å². The lowest BCUT2D eigenvalue weighted by Crippen LogP contribution is -1.97. The van der Waals surface area contributed by atoms with Gasteiger partial charge in [0.25, 0.3) is 0 Å². The number of nitriles is 1. The highest BCUT2D eigenvalue weighted by Gasteiger charge is 2.10. The zero-order valence-electron chi connectivity index (χ0n) is 17.7. The molecule has 29 heavy (non-hydrogen) atoms. The van der Waals surface area contributed by atoms with Gasteiger partial charge in [0.2, 0.25) is 0 Å². The number of rotatable bonds is 6. The van der Waals surface area contributed by atoms with Crippen LogP contribution in [0.5, 0.6) is 0 Å². The van der Waals surface area contributed by atoms with E-state index in [2.05, 4.69) is 82.4 Å². The minimum Gasteiger partial charge on any atom is -0.360 e. The number of allylic oxidation sites excluding steroid dienone is 1. The molecule has 0 aliphatic heterocycles. The first-order valence-electron chi connectivity index (χ1n) is 9.87. The molecule has 0 bridgehead atoms. The SMILES string of the molecule is Cc1cc(C)c(N/C=C(/C#N)c2nc(-c3ccc(CC(C)C)cc3)cs2)c(C)c1. The maximum absolute atomic E-state index is 9.65. The molecule has 0 spiro atoms. The Morgan fingerprint density at radius 3 is 2.38 bits per heavy atom. The van der Waals surface area contributed by atoms with Crippen molar-refractivity contribution in [1.29, 1.82) is 5.26 Å². The highest BCUT2D eigenvalue weighted by atomic mass is 32.1. The van der Waals surface area contributed by atoms with E-state index in [1.807, 2.05) is 5.38 Å². The third kappa shape index (κ3) is 5.13. The van der Waals surface area contributed by atoms with Gasteiger partial charge in [-0.25, -0.2) is 4.98 Å². The van der Waals surface area contributed by atoms with Crippen LogP contribution in [0.1, 0.15) is 41.1 Å². The average Bonchev–Trinajstić information content (AvgIpc) is 3.14. The number of nitrogens with zero attached hydrogens (tertiary/aromatic N) is 2. The summed E-state index contributed by atoms with van der Waals surface area (Å²) in [4.78, 5) is 4.70. The van der Waals surface area contributed by atoms with E-state index in [4.69, 9.17) is 4.98 Å². The molecule has 0 unspecified atom stereocenters. The standard InChI is InChI=1S/C25H27N3S/c1-16(2)10-20-6-8-21(9-7-20)23-15-29-25(28-23)22(13-26)14-27-24-18(4)11-17(3)12-19(24)5/h6-9,11-12,14-16,27H,10H2,1-5H3/b22-14-. The summed E-state index contributed by atoms with van der Waals surface area (Å²) in [6, 6.07) is 15.1. The number of nitrogens with one attached hydrogen (secondary N) is 1. The fraction of sp³-hybridized carbons (Fsp3) is 0.280. The molecular weight excluding hydrogens is 374 g/mol. The minimum absolute atomic E-state index is 0.539. The van der Waals surface area contributed by atoms with Crippen LogP contribution in [0.4, 0.5) is 5.69 Å². The monoisotopic (exact) mass is 401 g/mol. The van der Waals surface area contributed by atoms with Crippen LogP contribution < -0.4 is 5.32 Å². The van der Waals surface area contributed by atoms with Crippen LogP contribution in [0.15, 0.2) is 48.0 Å². The Hall–Kier alpha value is -2.90. The molecule has 2 aromatic carbocycles. The van der Waals surface area contributed by atoms with Crippen LogP contribution in [0.3, 0.4) is 0 Å². The molecule has 0 aliphatic carbocycles. The normalized spacial score (nSPS) is 11.6. The summed E-state index contributed by atoms with van der Waals surface area (Å²) < 4.78 is 0. The van der Waals surface area contributed by atoms with Gasteiger partial charge in [-0.1, -0.05) is 55.8 Å². The van der Waals surface area contributed by atoms with Crippen molar-refractivity contribution >= 4 is 22.6 Å².